The summed E-state index contributed by atoms with van der Waals surface area (Å²) >= 11 is 12.7. The van der Waals surface area contributed by atoms with Crippen LogP contribution >= 0.6 is 23.2 Å². The van der Waals surface area contributed by atoms with Crippen molar-refractivity contribution in [3.63, 3.8) is 0 Å². The van der Waals surface area contributed by atoms with Gasteiger partial charge in [0.05, 0.1) is 11.6 Å². The van der Waals surface area contributed by atoms with Crippen molar-refractivity contribution in [3.05, 3.63) is 75.9 Å². The zero-order valence-corrected chi connectivity index (χ0v) is 16.0. The maximum Gasteiger partial charge on any atom is 0.0702 e. The third-order valence-corrected chi connectivity index (χ3v) is 5.49. The smallest absolute Gasteiger partial charge is 0.0702 e. The summed E-state index contributed by atoms with van der Waals surface area (Å²) in [6, 6.07) is 16.3. The molecule has 0 amide bonds. The molecule has 1 N–H and O–H groups in total. The maximum atomic E-state index is 6.61. The molecule has 3 nitrogen and oxygen atoms in total. The quantitative estimate of drug-likeness (QED) is 0.692. The van der Waals surface area contributed by atoms with Crippen LogP contribution in [0.3, 0.4) is 0 Å². The zero-order valence-electron chi connectivity index (χ0n) is 14.5. The normalized spacial score (nSPS) is 17.2. The summed E-state index contributed by atoms with van der Waals surface area (Å²) in [6.45, 7) is 4.01. The molecular weight excluding hydrogens is 365 g/mol. The molecule has 1 fully saturated rings. The van der Waals surface area contributed by atoms with Gasteiger partial charge in [-0.1, -0.05) is 47.5 Å². The zero-order chi connectivity index (χ0) is 17.9. The molecule has 4 rings (SSSR count). The Hall–Kier alpha value is -1.65. The lowest BCUT2D eigenvalue weighted by Crippen LogP contribution is -2.33. The van der Waals surface area contributed by atoms with Gasteiger partial charge < -0.3 is 5.32 Å². The van der Waals surface area contributed by atoms with Gasteiger partial charge >= 0.3 is 0 Å². The Morgan fingerprint density at radius 1 is 1.00 bits per heavy atom. The lowest BCUT2D eigenvalue weighted by molar-refractivity contribution is 0.241. The molecule has 0 spiro atoms. The van der Waals surface area contributed by atoms with Gasteiger partial charge in [0.15, 0.2) is 0 Å². The van der Waals surface area contributed by atoms with Crippen LogP contribution in [0.1, 0.15) is 23.6 Å². The van der Waals surface area contributed by atoms with Crippen LogP contribution < -0.4 is 5.32 Å². The Morgan fingerprint density at radius 3 is 2.77 bits per heavy atom. The van der Waals surface area contributed by atoms with E-state index in [4.69, 9.17) is 23.2 Å². The predicted octanol–water partition coefficient (Wildman–Crippen LogP) is 4.93. The number of hydrogen-bond acceptors (Lipinski definition) is 3. The molecule has 1 atom stereocenters. The van der Waals surface area contributed by atoms with E-state index in [0.717, 1.165) is 54.6 Å². The van der Waals surface area contributed by atoms with Gasteiger partial charge in [-0.15, -0.1) is 0 Å². The fourth-order valence-electron chi connectivity index (χ4n) is 3.67. The van der Waals surface area contributed by atoms with Gasteiger partial charge in [-0.05, 0) is 48.4 Å². The first kappa shape index (κ1) is 17.7. The van der Waals surface area contributed by atoms with Crippen molar-refractivity contribution in [2.75, 3.05) is 26.2 Å². The van der Waals surface area contributed by atoms with E-state index in [1.54, 1.807) is 0 Å². The first-order valence-corrected chi connectivity index (χ1v) is 9.72. The van der Waals surface area contributed by atoms with Crippen molar-refractivity contribution >= 4 is 34.1 Å². The molecule has 5 heteroatoms. The lowest BCUT2D eigenvalue weighted by Gasteiger charge is -2.32. The van der Waals surface area contributed by atoms with Crippen molar-refractivity contribution < 1.29 is 0 Å². The minimum absolute atomic E-state index is 0.0665. The standard InChI is InChI=1S/C21H21Cl2N3/c22-17-6-7-18(19(23)13-17)21(26-10-3-8-24-9-11-26)16-12-15-4-1-2-5-20(15)25-14-16/h1-2,4-7,12-14,21,24H,3,8-11H2. The first-order chi connectivity index (χ1) is 12.7. The molecular formula is C21H21Cl2N3. The second-order valence-corrected chi connectivity index (χ2v) is 7.51. The summed E-state index contributed by atoms with van der Waals surface area (Å²) < 4.78 is 0. The number of rotatable bonds is 3. The van der Waals surface area contributed by atoms with E-state index < -0.39 is 0 Å². The molecule has 1 unspecified atom stereocenters. The highest BCUT2D eigenvalue weighted by Crippen LogP contribution is 2.35. The molecule has 134 valence electrons. The van der Waals surface area contributed by atoms with Crippen molar-refractivity contribution in [1.29, 1.82) is 0 Å². The van der Waals surface area contributed by atoms with Crippen molar-refractivity contribution in [2.45, 2.75) is 12.5 Å². The monoisotopic (exact) mass is 385 g/mol. The number of pyridine rings is 1. The van der Waals surface area contributed by atoms with Crippen molar-refractivity contribution in [1.82, 2.24) is 15.2 Å². The van der Waals surface area contributed by atoms with E-state index in [-0.39, 0.29) is 6.04 Å². The summed E-state index contributed by atoms with van der Waals surface area (Å²) in [6.07, 6.45) is 3.10. The Bertz CT molecular complexity index is 905. The van der Waals surface area contributed by atoms with E-state index in [1.807, 2.05) is 42.6 Å². The van der Waals surface area contributed by atoms with E-state index in [9.17, 15) is 0 Å². The molecule has 0 bridgehead atoms. The minimum atomic E-state index is 0.0665. The van der Waals surface area contributed by atoms with Gasteiger partial charge in [-0.25, -0.2) is 0 Å². The predicted molar refractivity (Wildman–Crippen MR) is 109 cm³/mol. The lowest BCUT2D eigenvalue weighted by atomic mass is 9.96. The second kappa shape index (κ2) is 7.93. The summed E-state index contributed by atoms with van der Waals surface area (Å²) in [5.74, 6) is 0. The Labute approximate surface area is 163 Å². The number of aromatic nitrogens is 1. The third-order valence-electron chi connectivity index (χ3n) is 4.92. The summed E-state index contributed by atoms with van der Waals surface area (Å²) in [7, 11) is 0. The SMILES string of the molecule is Clc1ccc(C(c2cnc3ccccc3c2)N2CCCNCC2)c(Cl)c1. The van der Waals surface area contributed by atoms with Gasteiger partial charge in [0.1, 0.15) is 0 Å². The van der Waals surface area contributed by atoms with Crippen LogP contribution in [0.4, 0.5) is 0 Å². The van der Waals surface area contributed by atoms with Crippen molar-refractivity contribution in [2.24, 2.45) is 0 Å². The van der Waals surface area contributed by atoms with Crippen LogP contribution in [0.25, 0.3) is 10.9 Å². The Kier molecular flexibility index (Phi) is 5.41. The molecule has 0 aliphatic carbocycles. The van der Waals surface area contributed by atoms with Gasteiger partial charge in [-0.3, -0.25) is 9.88 Å². The summed E-state index contributed by atoms with van der Waals surface area (Å²) in [5, 5.41) is 5.98. The summed E-state index contributed by atoms with van der Waals surface area (Å²) in [5.41, 5.74) is 3.25. The van der Waals surface area contributed by atoms with Gasteiger partial charge in [0.25, 0.3) is 0 Å². The average molecular weight is 386 g/mol. The van der Waals surface area contributed by atoms with E-state index >= 15 is 0 Å². The Morgan fingerprint density at radius 2 is 1.88 bits per heavy atom. The molecule has 1 aliphatic heterocycles. The van der Waals surface area contributed by atoms with Crippen LogP contribution in [0.5, 0.6) is 0 Å². The summed E-state index contributed by atoms with van der Waals surface area (Å²) in [4.78, 5) is 7.17. The highest BCUT2D eigenvalue weighted by molar-refractivity contribution is 6.35. The highest BCUT2D eigenvalue weighted by atomic mass is 35.5. The molecule has 1 saturated heterocycles. The first-order valence-electron chi connectivity index (χ1n) is 8.97. The molecule has 3 aromatic rings. The number of nitrogens with zero attached hydrogens (tertiary/aromatic N) is 2. The molecule has 1 aliphatic rings. The number of fused-ring (bicyclic) bond motifs is 1. The molecule has 2 aromatic carbocycles. The largest absolute Gasteiger partial charge is 0.315 e. The number of hydrogen-bond donors (Lipinski definition) is 1. The Balaban J connectivity index is 1.82. The number of para-hydroxylation sites is 1. The van der Waals surface area contributed by atoms with Crippen LogP contribution in [-0.2, 0) is 0 Å². The number of halogens is 2. The van der Waals surface area contributed by atoms with Crippen LogP contribution in [0.2, 0.25) is 10.0 Å². The highest BCUT2D eigenvalue weighted by Gasteiger charge is 2.25. The van der Waals surface area contributed by atoms with E-state index in [0.29, 0.717) is 10.0 Å². The molecule has 1 aromatic heterocycles. The molecule has 2 heterocycles. The fraction of sp³-hybridized carbons (Fsp3) is 0.286. The molecule has 0 saturated carbocycles. The van der Waals surface area contributed by atoms with Gasteiger partial charge in [0.2, 0.25) is 0 Å². The third kappa shape index (κ3) is 3.72. The van der Waals surface area contributed by atoms with Crippen LogP contribution in [-0.4, -0.2) is 36.1 Å². The maximum absolute atomic E-state index is 6.61. The molecule has 26 heavy (non-hydrogen) atoms. The van der Waals surface area contributed by atoms with Crippen LogP contribution in [0.15, 0.2) is 54.7 Å². The van der Waals surface area contributed by atoms with Crippen molar-refractivity contribution in [3.8, 4) is 0 Å². The fourth-order valence-corrected chi connectivity index (χ4v) is 4.18. The number of nitrogens with one attached hydrogen (secondary N) is 1. The van der Waals surface area contributed by atoms with Gasteiger partial charge in [-0.2, -0.15) is 0 Å². The topological polar surface area (TPSA) is 28.2 Å². The second-order valence-electron chi connectivity index (χ2n) is 6.67. The number of benzene rings is 2. The van der Waals surface area contributed by atoms with Crippen LogP contribution in [0, 0.1) is 0 Å². The van der Waals surface area contributed by atoms with E-state index in [1.165, 1.54) is 0 Å². The van der Waals surface area contributed by atoms with E-state index in [2.05, 4.69) is 27.3 Å². The van der Waals surface area contributed by atoms with Gasteiger partial charge in [0, 0.05) is 41.3 Å². The average Bonchev–Trinajstić information content (AvgIpc) is 2.93. The minimum Gasteiger partial charge on any atom is -0.315 e. The molecule has 0 radical (unpaired) electrons.